The lowest BCUT2D eigenvalue weighted by Crippen LogP contribution is -2.49. The van der Waals surface area contributed by atoms with Crippen molar-refractivity contribution in [3.05, 3.63) is 70.7 Å². The molecule has 11 nitrogen and oxygen atoms in total. The molecule has 2 aliphatic rings. The second kappa shape index (κ2) is 9.66. The van der Waals surface area contributed by atoms with Gasteiger partial charge in [0.05, 0.1) is 0 Å². The zero-order valence-electron chi connectivity index (χ0n) is 18.7. The number of amides is 4. The van der Waals surface area contributed by atoms with Gasteiger partial charge in [-0.3, -0.25) is 9.59 Å². The number of rotatable bonds is 7. The van der Waals surface area contributed by atoms with Gasteiger partial charge in [-0.2, -0.15) is 0 Å². The van der Waals surface area contributed by atoms with Crippen molar-refractivity contribution in [2.75, 3.05) is 18.5 Å². The maximum atomic E-state index is 13.5. The van der Waals surface area contributed by atoms with Crippen molar-refractivity contribution in [1.29, 1.82) is 0 Å². The van der Waals surface area contributed by atoms with Crippen LogP contribution in [-0.4, -0.2) is 58.1 Å². The molecule has 0 spiro atoms. The summed E-state index contributed by atoms with van der Waals surface area (Å²) in [6, 6.07) is 11.0. The van der Waals surface area contributed by atoms with Crippen LogP contribution in [-0.2, 0) is 16.0 Å². The first-order valence-corrected chi connectivity index (χ1v) is 11.9. The number of urea groups is 1. The summed E-state index contributed by atoms with van der Waals surface area (Å²) in [4.78, 5) is 55.7. The van der Waals surface area contributed by atoms with Crippen LogP contribution in [0.4, 0.5) is 9.93 Å². The highest BCUT2D eigenvalue weighted by atomic mass is 32.1. The normalized spacial score (nSPS) is 17.4. The van der Waals surface area contributed by atoms with Gasteiger partial charge in [0, 0.05) is 11.8 Å². The van der Waals surface area contributed by atoms with Crippen LogP contribution in [0.1, 0.15) is 27.7 Å². The Kier molecular flexibility index (Phi) is 6.25. The minimum atomic E-state index is -1.23. The number of benzene rings is 2. The monoisotopic (exact) mass is 508 g/mol. The number of carbonyl (C=O) groups is 4. The van der Waals surface area contributed by atoms with E-state index in [0.717, 1.165) is 21.8 Å². The molecule has 2 atom stereocenters. The van der Waals surface area contributed by atoms with E-state index in [4.69, 9.17) is 14.6 Å². The number of ether oxygens (including phenoxy) is 2. The van der Waals surface area contributed by atoms with E-state index < -0.39 is 35.9 Å². The maximum absolute atomic E-state index is 13.5. The molecule has 0 bridgehead atoms. The summed E-state index contributed by atoms with van der Waals surface area (Å²) in [5.74, 6) is -1.49. The van der Waals surface area contributed by atoms with Gasteiger partial charge in [0.1, 0.15) is 25.3 Å². The van der Waals surface area contributed by atoms with Gasteiger partial charge in [0.25, 0.3) is 5.91 Å². The molecule has 3 aromatic rings. The van der Waals surface area contributed by atoms with E-state index >= 15 is 0 Å². The van der Waals surface area contributed by atoms with E-state index in [-0.39, 0.29) is 17.2 Å². The second-order valence-corrected chi connectivity index (χ2v) is 8.89. The molecular formula is C24H20N4O7S. The highest BCUT2D eigenvalue weighted by molar-refractivity contribution is 7.14. The highest BCUT2D eigenvalue weighted by Crippen LogP contribution is 2.35. The number of carbonyl (C=O) groups excluding carboxylic acids is 3. The van der Waals surface area contributed by atoms with E-state index in [1.54, 1.807) is 42.5 Å². The molecule has 1 fully saturated rings. The number of hydrogen-bond donors (Lipinski definition) is 3. The van der Waals surface area contributed by atoms with Crippen LogP contribution in [0, 0.1) is 0 Å². The van der Waals surface area contributed by atoms with Gasteiger partial charge in [-0.15, -0.1) is 11.3 Å². The number of hydrogen-bond acceptors (Lipinski definition) is 8. The number of carboxylic acids is 1. The fourth-order valence-electron chi connectivity index (χ4n) is 4.01. The maximum Gasteiger partial charge on any atom is 0.355 e. The molecule has 184 valence electrons. The van der Waals surface area contributed by atoms with Crippen LogP contribution in [0.15, 0.2) is 53.9 Å². The number of nitrogens with one attached hydrogen (secondary N) is 2. The minimum Gasteiger partial charge on any atom is -0.486 e. The number of carboxylic acid groups (broad SMARTS) is 1. The average Bonchev–Trinajstić information content (AvgIpc) is 3.47. The average molecular weight is 509 g/mol. The predicted octanol–water partition coefficient (Wildman–Crippen LogP) is 2.46. The second-order valence-electron chi connectivity index (χ2n) is 8.03. The molecule has 5 rings (SSSR count). The summed E-state index contributed by atoms with van der Waals surface area (Å²) in [6.45, 7) is 0.787. The zero-order valence-corrected chi connectivity index (χ0v) is 19.5. The summed E-state index contributed by atoms with van der Waals surface area (Å²) >= 11 is 0.931. The number of imide groups is 1. The van der Waals surface area contributed by atoms with E-state index in [0.29, 0.717) is 30.3 Å². The summed E-state index contributed by atoms with van der Waals surface area (Å²) in [5.41, 5.74) is 1.000. The Hall–Kier alpha value is -4.45. The van der Waals surface area contributed by atoms with Gasteiger partial charge in [0.15, 0.2) is 22.3 Å². The predicted molar refractivity (Wildman–Crippen MR) is 127 cm³/mol. The van der Waals surface area contributed by atoms with Gasteiger partial charge in [0.2, 0.25) is 5.91 Å². The van der Waals surface area contributed by atoms with Crippen molar-refractivity contribution in [3.8, 4) is 11.5 Å². The van der Waals surface area contributed by atoms with Crippen LogP contribution in [0.25, 0.3) is 0 Å². The molecule has 3 N–H and O–H groups in total. The van der Waals surface area contributed by atoms with Crippen LogP contribution in [0.5, 0.6) is 11.5 Å². The molecule has 0 saturated carbocycles. The van der Waals surface area contributed by atoms with E-state index in [1.807, 2.05) is 6.07 Å². The molecule has 1 unspecified atom stereocenters. The third-order valence-corrected chi connectivity index (χ3v) is 6.47. The molecule has 2 aliphatic heterocycles. The van der Waals surface area contributed by atoms with Gasteiger partial charge in [-0.25, -0.2) is 19.5 Å². The summed E-state index contributed by atoms with van der Waals surface area (Å²) in [6.07, 6.45) is 0.0524. The van der Waals surface area contributed by atoms with Crippen LogP contribution < -0.4 is 20.1 Å². The lowest BCUT2D eigenvalue weighted by atomic mass is 10.0. The summed E-state index contributed by atoms with van der Waals surface area (Å²) in [7, 11) is 0. The van der Waals surface area contributed by atoms with Crippen molar-refractivity contribution in [2.45, 2.75) is 18.5 Å². The van der Waals surface area contributed by atoms with Crippen LogP contribution >= 0.6 is 11.3 Å². The largest absolute Gasteiger partial charge is 0.486 e. The Morgan fingerprint density at radius 1 is 1.14 bits per heavy atom. The zero-order chi connectivity index (χ0) is 25.2. The molecule has 0 radical (unpaired) electrons. The standard InChI is InChI=1S/C24H20N4O7S/c29-20(27-23-25-15(12-36-23)22(31)32)16(10-13-4-2-1-3-5-13)28-21(30)19(26-24(28)33)14-6-7-17-18(11-14)35-9-8-34-17/h1-7,11-12,16,19H,8-10H2,(H,26,33)(H,31,32)(H,25,27,29)/t16?,19-/m1/s1. The van der Waals surface area contributed by atoms with E-state index in [1.165, 1.54) is 5.38 Å². The first kappa shape index (κ1) is 23.3. The topological polar surface area (TPSA) is 147 Å². The van der Waals surface area contributed by atoms with Gasteiger partial charge in [-0.05, 0) is 23.3 Å². The van der Waals surface area contributed by atoms with Crippen molar-refractivity contribution < 1.29 is 33.8 Å². The van der Waals surface area contributed by atoms with Gasteiger partial charge in [-0.1, -0.05) is 36.4 Å². The number of aromatic carboxylic acids is 1. The number of fused-ring (bicyclic) bond motifs is 1. The Morgan fingerprint density at radius 2 is 1.89 bits per heavy atom. The van der Waals surface area contributed by atoms with Crippen molar-refractivity contribution in [1.82, 2.24) is 15.2 Å². The molecule has 36 heavy (non-hydrogen) atoms. The number of nitrogens with zero attached hydrogens (tertiary/aromatic N) is 2. The minimum absolute atomic E-state index is 0.0471. The fourth-order valence-corrected chi connectivity index (χ4v) is 4.70. The lowest BCUT2D eigenvalue weighted by molar-refractivity contribution is -0.134. The van der Waals surface area contributed by atoms with Crippen LogP contribution in [0.3, 0.4) is 0 Å². The lowest BCUT2D eigenvalue weighted by Gasteiger charge is -2.24. The van der Waals surface area contributed by atoms with Crippen molar-refractivity contribution >= 4 is 40.3 Å². The Balaban J connectivity index is 1.42. The first-order chi connectivity index (χ1) is 17.4. The van der Waals surface area contributed by atoms with Crippen molar-refractivity contribution in [2.24, 2.45) is 0 Å². The first-order valence-electron chi connectivity index (χ1n) is 11.0. The summed E-state index contributed by atoms with van der Waals surface area (Å²) < 4.78 is 11.1. The summed E-state index contributed by atoms with van der Waals surface area (Å²) in [5, 5.41) is 15.6. The van der Waals surface area contributed by atoms with Gasteiger partial charge >= 0.3 is 12.0 Å². The molecule has 0 aliphatic carbocycles. The van der Waals surface area contributed by atoms with Gasteiger partial charge < -0.3 is 25.2 Å². The molecular weight excluding hydrogens is 488 g/mol. The van der Waals surface area contributed by atoms with E-state index in [9.17, 15) is 19.2 Å². The third kappa shape index (κ3) is 4.58. The third-order valence-electron chi connectivity index (χ3n) is 5.71. The van der Waals surface area contributed by atoms with Crippen molar-refractivity contribution in [3.63, 3.8) is 0 Å². The smallest absolute Gasteiger partial charge is 0.355 e. The number of thiazole rings is 1. The number of aromatic nitrogens is 1. The quantitative estimate of drug-likeness (QED) is 0.413. The molecule has 12 heteroatoms. The Bertz CT molecular complexity index is 1340. The van der Waals surface area contributed by atoms with E-state index in [2.05, 4.69) is 15.6 Å². The number of anilines is 1. The molecule has 1 saturated heterocycles. The van der Waals surface area contributed by atoms with Crippen LogP contribution in [0.2, 0.25) is 0 Å². The Labute approximate surface area is 208 Å². The molecule has 1 aromatic heterocycles. The molecule has 3 heterocycles. The Morgan fingerprint density at radius 3 is 2.61 bits per heavy atom. The molecule has 4 amide bonds. The molecule has 2 aromatic carbocycles. The highest BCUT2D eigenvalue weighted by Gasteiger charge is 2.45. The fraction of sp³-hybridized carbons (Fsp3) is 0.208. The SMILES string of the molecule is O=C(O)c1csc(NC(=O)C(Cc2ccccc2)N2C(=O)N[C@H](c3ccc4c(c3)OCCO4)C2=O)n1.